The van der Waals surface area contributed by atoms with E-state index in [1.54, 1.807) is 0 Å². The van der Waals surface area contributed by atoms with Crippen molar-refractivity contribution in [3.8, 4) is 0 Å². The van der Waals surface area contributed by atoms with Crippen molar-refractivity contribution < 1.29 is 0 Å². The van der Waals surface area contributed by atoms with Gasteiger partial charge in [0.2, 0.25) is 0 Å². The first-order chi connectivity index (χ1) is 16.6. The molecule has 0 unspecified atom stereocenters. The van der Waals surface area contributed by atoms with Gasteiger partial charge < -0.3 is 0 Å². The predicted octanol–water partition coefficient (Wildman–Crippen LogP) is 6.53. The van der Waals surface area contributed by atoms with Crippen molar-refractivity contribution in [3.05, 3.63) is 0 Å². The molecular weight excluding hydrogens is 454 g/mol. The first-order valence-corrected chi connectivity index (χ1v) is 15.4. The van der Waals surface area contributed by atoms with Crippen LogP contribution in [-0.2, 0) is 0 Å². The van der Waals surface area contributed by atoms with Gasteiger partial charge in [0, 0.05) is 93.1 Å². The third kappa shape index (κ3) is 14.1. The number of hydrogen-bond donors (Lipinski definition) is 0. The zero-order valence-electron chi connectivity index (χ0n) is 28.7. The third-order valence-corrected chi connectivity index (χ3v) is 7.95. The molecule has 0 spiro atoms. The van der Waals surface area contributed by atoms with Gasteiger partial charge in [0.1, 0.15) is 0 Å². The van der Waals surface area contributed by atoms with E-state index in [9.17, 15) is 0 Å². The van der Waals surface area contributed by atoms with Gasteiger partial charge in [-0.3, -0.25) is 24.5 Å². The largest absolute Gasteiger partial charge is 0.298 e. The van der Waals surface area contributed by atoms with E-state index >= 15 is 0 Å². The van der Waals surface area contributed by atoms with E-state index in [-0.39, 0.29) is 16.6 Å². The Morgan fingerprint density at radius 2 is 0.622 bits per heavy atom. The molecule has 0 rings (SSSR count). The molecule has 0 aromatic carbocycles. The second-order valence-electron chi connectivity index (χ2n) is 15.3. The molecule has 0 saturated carbocycles. The normalized spacial score (nSPS) is 14.4. The first kappa shape index (κ1) is 36.8. The zero-order chi connectivity index (χ0) is 29.4. The molecule has 224 valence electrons. The SMILES string of the molecule is CC(C)N(CCN(CCN(C(C)C)C(C)(C)C)C(C)C)CCN(CCN(C(C)C)C(C)(C)C)C(C)(C)C. The summed E-state index contributed by atoms with van der Waals surface area (Å²) in [5, 5.41) is 0. The Labute approximate surface area is 235 Å². The molecule has 0 bridgehead atoms. The Hall–Kier alpha value is -0.200. The molecular formula is C32H71N5. The summed E-state index contributed by atoms with van der Waals surface area (Å²) in [7, 11) is 0. The molecule has 0 amide bonds. The maximum Gasteiger partial charge on any atom is 0.0128 e. The van der Waals surface area contributed by atoms with Crippen LogP contribution in [0, 0.1) is 0 Å². The Kier molecular flexibility index (Phi) is 15.5. The zero-order valence-corrected chi connectivity index (χ0v) is 28.7. The van der Waals surface area contributed by atoms with E-state index in [0.29, 0.717) is 24.2 Å². The summed E-state index contributed by atoms with van der Waals surface area (Å²) < 4.78 is 0. The van der Waals surface area contributed by atoms with E-state index < -0.39 is 0 Å². The maximum absolute atomic E-state index is 2.70. The standard InChI is InChI=1S/C32H71N5/c1-26(2)33(18-19-34(27(3)4)21-24-36(28(5)6)31(12,13)14)20-22-35(30(9,10)11)23-25-37(29(7)8)32(15,16)17/h26-29H,18-25H2,1-17H3. The van der Waals surface area contributed by atoms with Crippen LogP contribution < -0.4 is 0 Å². The fourth-order valence-electron chi connectivity index (χ4n) is 5.75. The minimum Gasteiger partial charge on any atom is -0.298 e. The predicted molar refractivity (Wildman–Crippen MR) is 168 cm³/mol. The Bertz CT molecular complexity index is 592. The van der Waals surface area contributed by atoms with E-state index in [4.69, 9.17) is 0 Å². The topological polar surface area (TPSA) is 16.2 Å². The summed E-state index contributed by atoms with van der Waals surface area (Å²) >= 11 is 0. The van der Waals surface area contributed by atoms with Crippen LogP contribution in [0.1, 0.15) is 118 Å². The van der Waals surface area contributed by atoms with Crippen molar-refractivity contribution in [2.45, 2.75) is 158 Å². The smallest absolute Gasteiger partial charge is 0.0128 e. The van der Waals surface area contributed by atoms with Crippen molar-refractivity contribution in [1.82, 2.24) is 24.5 Å². The molecule has 0 aromatic rings. The molecule has 0 heterocycles. The summed E-state index contributed by atoms with van der Waals surface area (Å²) in [5.41, 5.74) is 0.565. The van der Waals surface area contributed by atoms with Crippen LogP contribution >= 0.6 is 0 Å². The van der Waals surface area contributed by atoms with Gasteiger partial charge >= 0.3 is 0 Å². The highest BCUT2D eigenvalue weighted by Gasteiger charge is 2.28. The lowest BCUT2D eigenvalue weighted by molar-refractivity contribution is 0.0475. The summed E-state index contributed by atoms with van der Waals surface area (Å²) in [5.74, 6) is 0. The van der Waals surface area contributed by atoms with E-state index in [1.807, 2.05) is 0 Å². The molecule has 5 heteroatoms. The average molecular weight is 526 g/mol. The summed E-state index contributed by atoms with van der Waals surface area (Å²) in [4.78, 5) is 13.4. The van der Waals surface area contributed by atoms with Gasteiger partial charge in [0.25, 0.3) is 0 Å². The van der Waals surface area contributed by atoms with Crippen molar-refractivity contribution >= 4 is 0 Å². The Morgan fingerprint density at radius 3 is 0.892 bits per heavy atom. The lowest BCUT2D eigenvalue weighted by Crippen LogP contribution is -2.54. The number of hydrogen-bond acceptors (Lipinski definition) is 5. The van der Waals surface area contributed by atoms with Crippen LogP contribution in [0.15, 0.2) is 0 Å². The fourth-order valence-corrected chi connectivity index (χ4v) is 5.75. The quantitative estimate of drug-likeness (QED) is 0.227. The van der Waals surface area contributed by atoms with Gasteiger partial charge in [-0.2, -0.15) is 0 Å². The Morgan fingerprint density at radius 1 is 0.351 bits per heavy atom. The van der Waals surface area contributed by atoms with Crippen LogP contribution in [0.3, 0.4) is 0 Å². The molecule has 0 radical (unpaired) electrons. The number of nitrogens with zero attached hydrogens (tertiary/aromatic N) is 5. The average Bonchev–Trinajstić information content (AvgIpc) is 2.66. The third-order valence-electron chi connectivity index (χ3n) is 7.95. The van der Waals surface area contributed by atoms with Crippen LogP contribution in [0.4, 0.5) is 0 Å². The number of rotatable bonds is 16. The lowest BCUT2D eigenvalue weighted by Gasteiger charge is -2.43. The van der Waals surface area contributed by atoms with Crippen LogP contribution in [0.5, 0.6) is 0 Å². The fraction of sp³-hybridized carbons (Fsp3) is 1.00. The van der Waals surface area contributed by atoms with Crippen LogP contribution in [-0.4, -0.2) is 118 Å². The molecule has 0 aliphatic rings. The van der Waals surface area contributed by atoms with Gasteiger partial charge in [-0.25, -0.2) is 0 Å². The highest BCUT2D eigenvalue weighted by Crippen LogP contribution is 2.20. The molecule has 37 heavy (non-hydrogen) atoms. The summed E-state index contributed by atoms with van der Waals surface area (Å²) in [6.45, 7) is 48.9. The monoisotopic (exact) mass is 526 g/mol. The van der Waals surface area contributed by atoms with Crippen molar-refractivity contribution in [2.24, 2.45) is 0 Å². The van der Waals surface area contributed by atoms with Gasteiger partial charge in [-0.15, -0.1) is 0 Å². The summed E-state index contributed by atoms with van der Waals surface area (Å²) in [6.07, 6.45) is 0. The van der Waals surface area contributed by atoms with Crippen LogP contribution in [0.2, 0.25) is 0 Å². The lowest BCUT2D eigenvalue weighted by atomic mass is 10.0. The maximum atomic E-state index is 2.70. The van der Waals surface area contributed by atoms with E-state index in [0.717, 1.165) is 52.4 Å². The second-order valence-corrected chi connectivity index (χ2v) is 15.3. The van der Waals surface area contributed by atoms with E-state index in [2.05, 4.69) is 142 Å². The minimum absolute atomic E-state index is 0.167. The molecule has 0 fully saturated rings. The van der Waals surface area contributed by atoms with Gasteiger partial charge in [0.15, 0.2) is 0 Å². The molecule has 0 aliphatic carbocycles. The Balaban J connectivity index is 5.24. The molecule has 0 atom stereocenters. The van der Waals surface area contributed by atoms with Gasteiger partial charge in [-0.05, 0) is 118 Å². The molecule has 0 saturated heterocycles. The van der Waals surface area contributed by atoms with Gasteiger partial charge in [0.05, 0.1) is 0 Å². The minimum atomic E-state index is 0.167. The molecule has 0 N–H and O–H groups in total. The van der Waals surface area contributed by atoms with Crippen molar-refractivity contribution in [3.63, 3.8) is 0 Å². The van der Waals surface area contributed by atoms with Gasteiger partial charge in [-0.1, -0.05) is 0 Å². The van der Waals surface area contributed by atoms with Crippen molar-refractivity contribution in [1.29, 1.82) is 0 Å². The second kappa shape index (κ2) is 15.6. The first-order valence-electron chi connectivity index (χ1n) is 15.4. The highest BCUT2D eigenvalue weighted by molar-refractivity contribution is 4.84. The molecule has 5 nitrogen and oxygen atoms in total. The van der Waals surface area contributed by atoms with E-state index in [1.165, 1.54) is 0 Å². The molecule has 0 aliphatic heterocycles. The highest BCUT2D eigenvalue weighted by atomic mass is 15.3. The summed E-state index contributed by atoms with van der Waals surface area (Å²) in [6, 6.07) is 2.24. The molecule has 0 aromatic heterocycles. The van der Waals surface area contributed by atoms with Crippen molar-refractivity contribution in [2.75, 3.05) is 52.4 Å². The van der Waals surface area contributed by atoms with Crippen LogP contribution in [0.25, 0.3) is 0 Å².